The second-order valence-corrected chi connectivity index (χ2v) is 5.50. The van der Waals surface area contributed by atoms with Gasteiger partial charge in [0.25, 0.3) is 0 Å². The zero-order valence-electron chi connectivity index (χ0n) is 11.6. The number of nitrogens with zero attached hydrogens (tertiary/aromatic N) is 2. The molecule has 0 radical (unpaired) electrons. The van der Waals surface area contributed by atoms with Crippen LogP contribution in [0.2, 0.25) is 0 Å². The lowest BCUT2D eigenvalue weighted by Crippen LogP contribution is -2.37. The minimum absolute atomic E-state index is 0.641. The van der Waals surface area contributed by atoms with Crippen LogP contribution >= 0.6 is 0 Å². The highest BCUT2D eigenvalue weighted by Crippen LogP contribution is 2.21. The summed E-state index contributed by atoms with van der Waals surface area (Å²) in [5.41, 5.74) is 8.49. The molecule has 1 unspecified atom stereocenters. The first-order valence-corrected chi connectivity index (χ1v) is 6.86. The fourth-order valence-corrected chi connectivity index (χ4v) is 2.86. The van der Waals surface area contributed by atoms with Crippen LogP contribution in [0.3, 0.4) is 0 Å². The van der Waals surface area contributed by atoms with Crippen LogP contribution in [0.4, 0.5) is 0 Å². The van der Waals surface area contributed by atoms with E-state index in [-0.39, 0.29) is 0 Å². The molecule has 2 rings (SSSR count). The van der Waals surface area contributed by atoms with Crippen molar-refractivity contribution in [3.8, 4) is 0 Å². The van der Waals surface area contributed by atoms with E-state index >= 15 is 0 Å². The van der Waals surface area contributed by atoms with Gasteiger partial charge in [-0.1, -0.05) is 24.3 Å². The van der Waals surface area contributed by atoms with E-state index in [1.165, 1.54) is 30.5 Å². The topological polar surface area (TPSA) is 32.5 Å². The van der Waals surface area contributed by atoms with Gasteiger partial charge in [0.1, 0.15) is 0 Å². The van der Waals surface area contributed by atoms with E-state index in [1.54, 1.807) is 0 Å². The molecule has 1 aliphatic rings. The minimum Gasteiger partial charge on any atom is -0.326 e. The van der Waals surface area contributed by atoms with Gasteiger partial charge >= 0.3 is 0 Å². The molecule has 1 saturated heterocycles. The van der Waals surface area contributed by atoms with E-state index in [1.807, 2.05) is 0 Å². The van der Waals surface area contributed by atoms with E-state index in [4.69, 9.17) is 5.73 Å². The Bertz CT molecular complexity index is 376. The van der Waals surface area contributed by atoms with Crippen LogP contribution < -0.4 is 5.73 Å². The van der Waals surface area contributed by atoms with Gasteiger partial charge in [-0.05, 0) is 44.6 Å². The number of rotatable bonds is 5. The second-order valence-electron chi connectivity index (χ2n) is 5.50. The molecular formula is C15H25N3. The average Bonchev–Trinajstić information content (AvgIpc) is 2.76. The molecule has 0 amide bonds. The Hall–Kier alpha value is -0.900. The highest BCUT2D eigenvalue weighted by atomic mass is 15.2. The molecule has 3 heteroatoms. The summed E-state index contributed by atoms with van der Waals surface area (Å²) in [6.45, 7) is 4.07. The quantitative estimate of drug-likeness (QED) is 0.859. The Labute approximate surface area is 111 Å². The van der Waals surface area contributed by atoms with Crippen molar-refractivity contribution in [3.63, 3.8) is 0 Å². The minimum atomic E-state index is 0.641. The van der Waals surface area contributed by atoms with E-state index in [0.717, 1.165) is 13.1 Å². The van der Waals surface area contributed by atoms with Crippen molar-refractivity contribution < 1.29 is 0 Å². The molecule has 0 saturated carbocycles. The van der Waals surface area contributed by atoms with Gasteiger partial charge < -0.3 is 10.6 Å². The lowest BCUT2D eigenvalue weighted by Gasteiger charge is -2.27. The molecule has 1 heterocycles. The summed E-state index contributed by atoms with van der Waals surface area (Å²) >= 11 is 0. The summed E-state index contributed by atoms with van der Waals surface area (Å²) in [6.07, 6.45) is 2.65. The summed E-state index contributed by atoms with van der Waals surface area (Å²) < 4.78 is 0. The van der Waals surface area contributed by atoms with Crippen LogP contribution in [-0.4, -0.2) is 43.0 Å². The Morgan fingerprint density at radius 3 is 2.67 bits per heavy atom. The molecular weight excluding hydrogens is 222 g/mol. The van der Waals surface area contributed by atoms with Crippen molar-refractivity contribution in [2.75, 3.05) is 27.2 Å². The molecule has 1 aromatic carbocycles. The Balaban J connectivity index is 2.03. The zero-order chi connectivity index (χ0) is 13.0. The van der Waals surface area contributed by atoms with Crippen molar-refractivity contribution in [2.24, 2.45) is 5.73 Å². The van der Waals surface area contributed by atoms with Gasteiger partial charge in [-0.3, -0.25) is 4.90 Å². The van der Waals surface area contributed by atoms with E-state index in [2.05, 4.69) is 48.2 Å². The molecule has 1 aromatic rings. The summed E-state index contributed by atoms with van der Waals surface area (Å²) in [6, 6.07) is 9.25. The van der Waals surface area contributed by atoms with Crippen molar-refractivity contribution in [1.82, 2.24) is 9.80 Å². The summed E-state index contributed by atoms with van der Waals surface area (Å²) in [5, 5.41) is 0. The van der Waals surface area contributed by atoms with Crippen molar-refractivity contribution >= 4 is 0 Å². The second kappa shape index (κ2) is 6.32. The Morgan fingerprint density at radius 2 is 2.00 bits per heavy atom. The molecule has 0 bridgehead atoms. The molecule has 1 fully saturated rings. The number of benzene rings is 1. The first kappa shape index (κ1) is 13.5. The van der Waals surface area contributed by atoms with E-state index < -0.39 is 0 Å². The molecule has 1 atom stereocenters. The maximum Gasteiger partial charge on any atom is 0.0240 e. The smallest absolute Gasteiger partial charge is 0.0240 e. The normalized spacial score (nSPS) is 20.8. The summed E-state index contributed by atoms with van der Waals surface area (Å²) in [4.78, 5) is 4.90. The number of hydrogen-bond donors (Lipinski definition) is 1. The lowest BCUT2D eigenvalue weighted by atomic mass is 10.1. The fraction of sp³-hybridized carbons (Fsp3) is 0.600. The maximum atomic E-state index is 5.81. The van der Waals surface area contributed by atoms with Gasteiger partial charge in [-0.2, -0.15) is 0 Å². The molecule has 0 aromatic heterocycles. The van der Waals surface area contributed by atoms with Gasteiger partial charge in [0, 0.05) is 25.7 Å². The predicted octanol–water partition coefficient (Wildman–Crippen LogP) is 1.67. The van der Waals surface area contributed by atoms with Gasteiger partial charge in [0.15, 0.2) is 0 Å². The van der Waals surface area contributed by atoms with Gasteiger partial charge in [0.05, 0.1) is 0 Å². The molecule has 2 N–H and O–H groups in total. The number of hydrogen-bond acceptors (Lipinski definition) is 3. The lowest BCUT2D eigenvalue weighted by molar-refractivity contribution is 0.200. The largest absolute Gasteiger partial charge is 0.326 e. The molecule has 0 aliphatic carbocycles. The number of likely N-dealkylation sites (tertiary alicyclic amines) is 1. The van der Waals surface area contributed by atoms with Crippen molar-refractivity contribution in [3.05, 3.63) is 35.4 Å². The Morgan fingerprint density at radius 1 is 1.28 bits per heavy atom. The van der Waals surface area contributed by atoms with Crippen molar-refractivity contribution in [1.29, 1.82) is 0 Å². The maximum absolute atomic E-state index is 5.81. The molecule has 3 nitrogen and oxygen atoms in total. The van der Waals surface area contributed by atoms with E-state index in [0.29, 0.717) is 12.6 Å². The monoisotopic (exact) mass is 247 g/mol. The van der Waals surface area contributed by atoms with Gasteiger partial charge in [-0.25, -0.2) is 0 Å². The Kier molecular flexibility index (Phi) is 4.75. The summed E-state index contributed by atoms with van der Waals surface area (Å²) in [7, 11) is 4.31. The highest BCUT2D eigenvalue weighted by Gasteiger charge is 2.25. The van der Waals surface area contributed by atoms with Crippen LogP contribution in [0, 0.1) is 0 Å². The molecule has 100 valence electrons. The third-order valence-corrected chi connectivity index (χ3v) is 3.79. The number of nitrogens with two attached hydrogens (primary N) is 1. The molecule has 0 spiro atoms. The van der Waals surface area contributed by atoms with Crippen LogP contribution in [-0.2, 0) is 13.1 Å². The predicted molar refractivity (Wildman–Crippen MR) is 76.3 cm³/mol. The third-order valence-electron chi connectivity index (χ3n) is 3.79. The standard InChI is InChI=1S/C15H25N3/c1-17(2)12-15-8-5-9-18(15)11-14-7-4-3-6-13(14)10-16/h3-4,6-7,15H,5,8-12,16H2,1-2H3. The SMILES string of the molecule is CN(C)CC1CCCN1Cc1ccccc1CN. The average molecular weight is 247 g/mol. The van der Waals surface area contributed by atoms with Gasteiger partial charge in [-0.15, -0.1) is 0 Å². The van der Waals surface area contributed by atoms with Crippen LogP contribution in [0.15, 0.2) is 24.3 Å². The molecule has 1 aliphatic heterocycles. The summed E-state index contributed by atoms with van der Waals surface area (Å²) in [5.74, 6) is 0. The first-order chi connectivity index (χ1) is 8.70. The van der Waals surface area contributed by atoms with Crippen molar-refractivity contribution in [2.45, 2.75) is 32.0 Å². The number of likely N-dealkylation sites (N-methyl/N-ethyl adjacent to an activating group) is 1. The van der Waals surface area contributed by atoms with Gasteiger partial charge in [0.2, 0.25) is 0 Å². The zero-order valence-corrected chi connectivity index (χ0v) is 11.6. The first-order valence-electron chi connectivity index (χ1n) is 6.86. The highest BCUT2D eigenvalue weighted by molar-refractivity contribution is 5.27. The van der Waals surface area contributed by atoms with E-state index in [9.17, 15) is 0 Å². The van der Waals surface area contributed by atoms with Crippen LogP contribution in [0.1, 0.15) is 24.0 Å². The fourth-order valence-electron chi connectivity index (χ4n) is 2.86. The third kappa shape index (κ3) is 3.31. The van der Waals surface area contributed by atoms with Crippen LogP contribution in [0.25, 0.3) is 0 Å². The van der Waals surface area contributed by atoms with Crippen LogP contribution in [0.5, 0.6) is 0 Å². The molecule has 18 heavy (non-hydrogen) atoms.